The summed E-state index contributed by atoms with van der Waals surface area (Å²) < 4.78 is 28.6. The molecule has 30 heavy (non-hydrogen) atoms. The number of nitrogens with zero attached hydrogens (tertiary/aromatic N) is 1. The molecule has 0 saturated carbocycles. The summed E-state index contributed by atoms with van der Waals surface area (Å²) in [6.07, 6.45) is 5.60. The predicted octanol–water partition coefficient (Wildman–Crippen LogP) is 4.40. The van der Waals surface area contributed by atoms with Crippen LogP contribution in [0.3, 0.4) is 0 Å². The number of benzene rings is 2. The topological polar surface area (TPSA) is 78.5 Å². The van der Waals surface area contributed by atoms with Crippen molar-refractivity contribution in [1.82, 2.24) is 4.72 Å². The monoisotopic (exact) mass is 447 g/mol. The highest BCUT2D eigenvalue weighted by Gasteiger charge is 2.20. The molecule has 2 aromatic carbocycles. The van der Waals surface area contributed by atoms with Gasteiger partial charge in [0.2, 0.25) is 15.9 Å². The van der Waals surface area contributed by atoms with E-state index in [1.54, 1.807) is 12.1 Å². The Morgan fingerprint density at radius 2 is 1.73 bits per heavy atom. The maximum absolute atomic E-state index is 12.9. The van der Waals surface area contributed by atoms with Gasteiger partial charge in [-0.25, -0.2) is 13.1 Å². The standard InChI is InChI=1S/C22H29N3O3S2/c1-16(18-7-9-19(10-8-18)25-13-5-4-6-14-25)24-30(27,28)20-11-12-22(29-3)21(15-20)23-17(2)26/h7-12,15-16,24H,4-6,13-14H2,1-3H3,(H,23,26)/t16-/m1/s1. The summed E-state index contributed by atoms with van der Waals surface area (Å²) in [5, 5.41) is 2.70. The zero-order chi connectivity index (χ0) is 21.7. The lowest BCUT2D eigenvalue weighted by atomic mass is 10.1. The fraction of sp³-hybridized carbons (Fsp3) is 0.409. The number of hydrogen-bond donors (Lipinski definition) is 2. The average molecular weight is 448 g/mol. The van der Waals surface area contributed by atoms with Crippen LogP contribution in [0.4, 0.5) is 11.4 Å². The van der Waals surface area contributed by atoms with Crippen molar-refractivity contribution in [3.05, 3.63) is 48.0 Å². The molecule has 1 aliphatic rings. The van der Waals surface area contributed by atoms with Crippen LogP contribution in [-0.2, 0) is 14.8 Å². The molecule has 0 aromatic heterocycles. The lowest BCUT2D eigenvalue weighted by Gasteiger charge is -2.29. The number of nitrogens with one attached hydrogen (secondary N) is 2. The van der Waals surface area contributed by atoms with E-state index in [1.165, 1.54) is 49.7 Å². The maximum atomic E-state index is 12.9. The molecule has 1 atom stereocenters. The van der Waals surface area contributed by atoms with E-state index in [2.05, 4.69) is 27.1 Å². The number of piperidine rings is 1. The van der Waals surface area contributed by atoms with Crippen molar-refractivity contribution in [3.63, 3.8) is 0 Å². The highest BCUT2D eigenvalue weighted by Crippen LogP contribution is 2.29. The van der Waals surface area contributed by atoms with E-state index >= 15 is 0 Å². The molecule has 162 valence electrons. The van der Waals surface area contributed by atoms with Crippen LogP contribution >= 0.6 is 11.8 Å². The molecule has 0 bridgehead atoms. The second-order valence-corrected chi connectivity index (χ2v) is 10.1. The van der Waals surface area contributed by atoms with Gasteiger partial charge in [-0.1, -0.05) is 12.1 Å². The second-order valence-electron chi connectivity index (χ2n) is 7.53. The fourth-order valence-corrected chi connectivity index (χ4v) is 5.43. The summed E-state index contributed by atoms with van der Waals surface area (Å²) >= 11 is 1.45. The predicted molar refractivity (Wildman–Crippen MR) is 124 cm³/mol. The molecular weight excluding hydrogens is 418 g/mol. The van der Waals surface area contributed by atoms with E-state index in [9.17, 15) is 13.2 Å². The Labute approximate surface area is 183 Å². The van der Waals surface area contributed by atoms with Crippen LogP contribution in [0.25, 0.3) is 0 Å². The van der Waals surface area contributed by atoms with E-state index in [0.717, 1.165) is 23.5 Å². The maximum Gasteiger partial charge on any atom is 0.241 e. The SMILES string of the molecule is CSc1ccc(S(=O)(=O)N[C@H](C)c2ccc(N3CCCCC3)cc2)cc1NC(C)=O. The summed E-state index contributed by atoms with van der Waals surface area (Å²) in [4.78, 5) is 14.8. The number of thioether (sulfide) groups is 1. The Balaban J connectivity index is 1.75. The Morgan fingerprint density at radius 1 is 1.07 bits per heavy atom. The Kier molecular flexibility index (Phi) is 7.44. The molecule has 6 nitrogen and oxygen atoms in total. The van der Waals surface area contributed by atoms with Crippen molar-refractivity contribution in [1.29, 1.82) is 0 Å². The number of carbonyl (C=O) groups excluding carboxylic acids is 1. The minimum Gasteiger partial charge on any atom is -0.372 e. The van der Waals surface area contributed by atoms with Gasteiger partial charge in [-0.3, -0.25) is 4.79 Å². The molecule has 0 unspecified atom stereocenters. The van der Waals surface area contributed by atoms with Crippen molar-refractivity contribution in [2.24, 2.45) is 0 Å². The van der Waals surface area contributed by atoms with Gasteiger partial charge in [0.15, 0.2) is 0 Å². The minimum absolute atomic E-state index is 0.126. The first kappa shape index (κ1) is 22.7. The van der Waals surface area contributed by atoms with Gasteiger partial charge in [0.05, 0.1) is 10.6 Å². The number of anilines is 2. The van der Waals surface area contributed by atoms with Gasteiger partial charge in [-0.05, 0) is 68.3 Å². The average Bonchev–Trinajstić information content (AvgIpc) is 2.73. The highest BCUT2D eigenvalue weighted by molar-refractivity contribution is 7.98. The van der Waals surface area contributed by atoms with Gasteiger partial charge in [0.25, 0.3) is 0 Å². The Bertz CT molecular complexity index is 985. The van der Waals surface area contributed by atoms with Crippen molar-refractivity contribution >= 4 is 39.1 Å². The first-order valence-corrected chi connectivity index (χ1v) is 12.8. The summed E-state index contributed by atoms with van der Waals surface area (Å²) in [6, 6.07) is 12.5. The Hall–Kier alpha value is -2.03. The summed E-state index contributed by atoms with van der Waals surface area (Å²) in [7, 11) is -3.74. The van der Waals surface area contributed by atoms with Crippen LogP contribution in [0.5, 0.6) is 0 Å². The summed E-state index contributed by atoms with van der Waals surface area (Å²) in [5.41, 5.74) is 2.58. The van der Waals surface area contributed by atoms with Crippen LogP contribution in [0, 0.1) is 0 Å². The van der Waals surface area contributed by atoms with E-state index in [4.69, 9.17) is 0 Å². The largest absolute Gasteiger partial charge is 0.372 e. The molecule has 0 spiro atoms. The zero-order valence-electron chi connectivity index (χ0n) is 17.6. The molecule has 2 aromatic rings. The summed E-state index contributed by atoms with van der Waals surface area (Å²) in [6.45, 7) is 5.38. The third kappa shape index (κ3) is 5.56. The van der Waals surface area contributed by atoms with Gasteiger partial charge >= 0.3 is 0 Å². The van der Waals surface area contributed by atoms with Gasteiger partial charge in [0, 0.05) is 36.6 Å². The Morgan fingerprint density at radius 3 is 2.33 bits per heavy atom. The van der Waals surface area contributed by atoms with Crippen molar-refractivity contribution in [2.45, 2.75) is 48.9 Å². The molecule has 1 amide bonds. The molecule has 0 radical (unpaired) electrons. The van der Waals surface area contributed by atoms with Crippen LogP contribution in [-0.4, -0.2) is 33.7 Å². The highest BCUT2D eigenvalue weighted by atomic mass is 32.2. The molecule has 0 aliphatic carbocycles. The number of carbonyl (C=O) groups is 1. The van der Waals surface area contributed by atoms with Crippen molar-refractivity contribution < 1.29 is 13.2 Å². The number of hydrogen-bond acceptors (Lipinski definition) is 5. The van der Waals surface area contributed by atoms with Crippen molar-refractivity contribution in [3.8, 4) is 0 Å². The van der Waals surface area contributed by atoms with Crippen LogP contribution in [0.15, 0.2) is 52.3 Å². The smallest absolute Gasteiger partial charge is 0.241 e. The van der Waals surface area contributed by atoms with Crippen molar-refractivity contribution in [2.75, 3.05) is 29.6 Å². The normalized spacial score (nSPS) is 15.6. The van der Waals surface area contributed by atoms with E-state index in [-0.39, 0.29) is 16.8 Å². The van der Waals surface area contributed by atoms with Crippen LogP contribution in [0.2, 0.25) is 0 Å². The first-order valence-electron chi connectivity index (χ1n) is 10.1. The third-order valence-corrected chi connectivity index (χ3v) is 7.57. The van der Waals surface area contributed by atoms with Gasteiger partial charge in [0.1, 0.15) is 0 Å². The lowest BCUT2D eigenvalue weighted by Crippen LogP contribution is -2.29. The van der Waals surface area contributed by atoms with E-state index in [1.807, 2.05) is 25.3 Å². The lowest BCUT2D eigenvalue weighted by molar-refractivity contribution is -0.114. The fourth-order valence-electron chi connectivity index (χ4n) is 3.64. The molecular formula is C22H29N3O3S2. The molecule has 1 saturated heterocycles. The van der Waals surface area contributed by atoms with Crippen LogP contribution in [0.1, 0.15) is 44.7 Å². The zero-order valence-corrected chi connectivity index (χ0v) is 19.3. The molecule has 1 aliphatic heterocycles. The second kappa shape index (κ2) is 9.85. The van der Waals surface area contributed by atoms with Gasteiger partial charge in [-0.15, -0.1) is 11.8 Å². The number of sulfonamides is 1. The third-order valence-electron chi connectivity index (χ3n) is 5.24. The molecule has 8 heteroatoms. The van der Waals surface area contributed by atoms with Gasteiger partial charge in [-0.2, -0.15) is 0 Å². The molecule has 3 rings (SSSR count). The van der Waals surface area contributed by atoms with Crippen LogP contribution < -0.4 is 14.9 Å². The molecule has 2 N–H and O–H groups in total. The number of amides is 1. The quantitative estimate of drug-likeness (QED) is 0.615. The summed E-state index contributed by atoms with van der Waals surface area (Å²) in [5.74, 6) is -0.241. The van der Waals surface area contributed by atoms with E-state index < -0.39 is 10.0 Å². The molecule has 1 fully saturated rings. The molecule has 1 heterocycles. The first-order chi connectivity index (χ1) is 14.3. The number of rotatable bonds is 7. The van der Waals surface area contributed by atoms with Gasteiger partial charge < -0.3 is 10.2 Å². The minimum atomic E-state index is -3.74. The van der Waals surface area contributed by atoms with E-state index in [0.29, 0.717) is 5.69 Å².